The van der Waals surface area contributed by atoms with Gasteiger partial charge in [0.1, 0.15) is 0 Å². The van der Waals surface area contributed by atoms with Crippen LogP contribution < -0.4 is 20.1 Å². The van der Waals surface area contributed by atoms with E-state index in [1.165, 1.54) is 6.42 Å². The molecule has 102 valence electrons. The van der Waals surface area contributed by atoms with Crippen LogP contribution in [0.2, 0.25) is 0 Å². The Bertz CT molecular complexity index is 470. The average Bonchev–Trinajstić information content (AvgIpc) is 3.06. The van der Waals surface area contributed by atoms with E-state index in [2.05, 4.69) is 10.6 Å². The lowest BCUT2D eigenvalue weighted by Crippen LogP contribution is -2.31. The Labute approximate surface area is 112 Å². The van der Waals surface area contributed by atoms with E-state index in [0.717, 1.165) is 30.0 Å². The smallest absolute Gasteiger partial charge is 0.231 e. The van der Waals surface area contributed by atoms with Gasteiger partial charge in [0, 0.05) is 19.0 Å². The van der Waals surface area contributed by atoms with Gasteiger partial charge in [0.15, 0.2) is 11.5 Å². The maximum atomic E-state index is 11.8. The molecule has 2 heterocycles. The lowest BCUT2D eigenvalue weighted by molar-refractivity contribution is -0.121. The Morgan fingerprint density at radius 1 is 1.37 bits per heavy atom. The van der Waals surface area contributed by atoms with Crippen LogP contribution in [0.1, 0.15) is 24.8 Å². The molecule has 1 saturated heterocycles. The molecule has 1 aromatic carbocycles. The van der Waals surface area contributed by atoms with Gasteiger partial charge in [-0.05, 0) is 37.1 Å². The van der Waals surface area contributed by atoms with Crippen molar-refractivity contribution in [1.29, 1.82) is 0 Å². The van der Waals surface area contributed by atoms with Crippen LogP contribution >= 0.6 is 0 Å². The molecule has 2 aliphatic heterocycles. The predicted molar refractivity (Wildman–Crippen MR) is 70.1 cm³/mol. The zero-order chi connectivity index (χ0) is 13.1. The summed E-state index contributed by atoms with van der Waals surface area (Å²) in [5.74, 6) is 1.62. The number of carbonyl (C=O) groups is 1. The molecular weight excluding hydrogens is 244 g/mol. The fourth-order valence-corrected chi connectivity index (χ4v) is 2.48. The van der Waals surface area contributed by atoms with Crippen LogP contribution in [-0.4, -0.2) is 25.3 Å². The van der Waals surface area contributed by atoms with Gasteiger partial charge in [-0.25, -0.2) is 0 Å². The molecule has 0 aromatic heterocycles. The molecule has 0 spiro atoms. The first-order valence-electron chi connectivity index (χ1n) is 6.70. The van der Waals surface area contributed by atoms with Gasteiger partial charge < -0.3 is 20.1 Å². The van der Waals surface area contributed by atoms with E-state index in [9.17, 15) is 4.79 Å². The molecule has 0 saturated carbocycles. The maximum Gasteiger partial charge on any atom is 0.231 e. The molecule has 1 amide bonds. The van der Waals surface area contributed by atoms with E-state index in [-0.39, 0.29) is 12.7 Å². The summed E-state index contributed by atoms with van der Waals surface area (Å²) in [5.41, 5.74) is 1.02. The van der Waals surface area contributed by atoms with Crippen molar-refractivity contribution < 1.29 is 14.3 Å². The van der Waals surface area contributed by atoms with Gasteiger partial charge in [-0.1, -0.05) is 6.07 Å². The number of benzene rings is 1. The summed E-state index contributed by atoms with van der Waals surface area (Å²) < 4.78 is 10.6. The van der Waals surface area contributed by atoms with E-state index < -0.39 is 0 Å². The normalized spacial score (nSPS) is 20.5. The average molecular weight is 262 g/mol. The lowest BCUT2D eigenvalue weighted by Gasteiger charge is -2.10. The van der Waals surface area contributed by atoms with E-state index in [4.69, 9.17) is 9.47 Å². The quantitative estimate of drug-likeness (QED) is 0.855. The summed E-state index contributed by atoms with van der Waals surface area (Å²) >= 11 is 0. The Morgan fingerprint density at radius 2 is 2.26 bits per heavy atom. The molecule has 0 bridgehead atoms. The van der Waals surface area contributed by atoms with Crippen LogP contribution in [0.3, 0.4) is 0 Å². The first kappa shape index (κ1) is 12.3. The van der Waals surface area contributed by atoms with Crippen molar-refractivity contribution in [2.24, 2.45) is 0 Å². The van der Waals surface area contributed by atoms with Gasteiger partial charge in [-0.3, -0.25) is 4.79 Å². The summed E-state index contributed by atoms with van der Waals surface area (Å²) in [5, 5.41) is 6.26. The van der Waals surface area contributed by atoms with Crippen molar-refractivity contribution in [3.05, 3.63) is 23.8 Å². The summed E-state index contributed by atoms with van der Waals surface area (Å²) in [6.45, 7) is 1.83. The first-order chi connectivity index (χ1) is 9.31. The SMILES string of the molecule is O=C(CC1CCCN1)NCc1ccc2c(c1)OCO2. The minimum atomic E-state index is 0.0945. The molecule has 2 N–H and O–H groups in total. The van der Waals surface area contributed by atoms with Gasteiger partial charge in [0.2, 0.25) is 12.7 Å². The van der Waals surface area contributed by atoms with Gasteiger partial charge in [0.25, 0.3) is 0 Å². The molecule has 19 heavy (non-hydrogen) atoms. The Kier molecular flexibility index (Phi) is 3.55. The monoisotopic (exact) mass is 262 g/mol. The molecule has 1 aromatic rings. The van der Waals surface area contributed by atoms with Crippen molar-refractivity contribution in [3.8, 4) is 11.5 Å². The highest BCUT2D eigenvalue weighted by atomic mass is 16.7. The third-order valence-electron chi connectivity index (χ3n) is 3.52. The van der Waals surface area contributed by atoms with Gasteiger partial charge in [0.05, 0.1) is 0 Å². The largest absolute Gasteiger partial charge is 0.454 e. The molecule has 5 nitrogen and oxygen atoms in total. The number of amides is 1. The minimum Gasteiger partial charge on any atom is -0.454 e. The van der Waals surface area contributed by atoms with Crippen molar-refractivity contribution in [2.45, 2.75) is 31.8 Å². The van der Waals surface area contributed by atoms with Crippen molar-refractivity contribution in [3.63, 3.8) is 0 Å². The minimum absolute atomic E-state index is 0.0945. The number of fused-ring (bicyclic) bond motifs is 1. The lowest BCUT2D eigenvalue weighted by atomic mass is 10.1. The number of hydrogen-bond acceptors (Lipinski definition) is 4. The van der Waals surface area contributed by atoms with E-state index in [0.29, 0.717) is 19.0 Å². The van der Waals surface area contributed by atoms with Crippen LogP contribution in [0.25, 0.3) is 0 Å². The maximum absolute atomic E-state index is 11.8. The van der Waals surface area contributed by atoms with Crippen molar-refractivity contribution in [1.82, 2.24) is 10.6 Å². The van der Waals surface area contributed by atoms with Crippen LogP contribution in [-0.2, 0) is 11.3 Å². The van der Waals surface area contributed by atoms with Crippen LogP contribution in [0, 0.1) is 0 Å². The third-order valence-corrected chi connectivity index (χ3v) is 3.52. The van der Waals surface area contributed by atoms with Crippen LogP contribution in [0.5, 0.6) is 11.5 Å². The summed E-state index contributed by atoms with van der Waals surface area (Å²) in [6, 6.07) is 6.08. The zero-order valence-corrected chi connectivity index (χ0v) is 10.8. The van der Waals surface area contributed by atoms with E-state index >= 15 is 0 Å². The predicted octanol–water partition coefficient (Wildman–Crippen LogP) is 1.17. The van der Waals surface area contributed by atoms with Crippen molar-refractivity contribution >= 4 is 5.91 Å². The Balaban J connectivity index is 1.50. The molecule has 1 unspecified atom stereocenters. The first-order valence-corrected chi connectivity index (χ1v) is 6.70. The molecule has 0 radical (unpaired) electrons. The highest BCUT2D eigenvalue weighted by Crippen LogP contribution is 2.32. The highest BCUT2D eigenvalue weighted by Gasteiger charge is 2.18. The zero-order valence-electron chi connectivity index (χ0n) is 10.8. The van der Waals surface area contributed by atoms with E-state index in [1.807, 2.05) is 18.2 Å². The second kappa shape index (κ2) is 5.48. The fourth-order valence-electron chi connectivity index (χ4n) is 2.48. The molecule has 5 heteroatoms. The topological polar surface area (TPSA) is 59.6 Å². The fraction of sp³-hybridized carbons (Fsp3) is 0.500. The molecule has 1 fully saturated rings. The number of carbonyl (C=O) groups excluding carboxylic acids is 1. The second-order valence-electron chi connectivity index (χ2n) is 4.96. The summed E-state index contributed by atoms with van der Waals surface area (Å²) in [4.78, 5) is 11.8. The van der Waals surface area contributed by atoms with Gasteiger partial charge in [-0.2, -0.15) is 0 Å². The number of ether oxygens (including phenoxy) is 2. The Morgan fingerprint density at radius 3 is 3.11 bits per heavy atom. The third kappa shape index (κ3) is 2.98. The molecular formula is C14H18N2O3. The number of rotatable bonds is 4. The number of hydrogen-bond donors (Lipinski definition) is 2. The van der Waals surface area contributed by atoms with Gasteiger partial charge in [-0.15, -0.1) is 0 Å². The number of nitrogens with one attached hydrogen (secondary N) is 2. The van der Waals surface area contributed by atoms with Crippen molar-refractivity contribution in [2.75, 3.05) is 13.3 Å². The van der Waals surface area contributed by atoms with Gasteiger partial charge >= 0.3 is 0 Å². The Hall–Kier alpha value is -1.75. The summed E-state index contributed by atoms with van der Waals surface area (Å²) in [7, 11) is 0. The molecule has 0 aliphatic carbocycles. The molecule has 1 atom stereocenters. The summed E-state index contributed by atoms with van der Waals surface area (Å²) in [6.07, 6.45) is 2.82. The standard InChI is InChI=1S/C14H18N2O3/c17-14(7-11-2-1-5-15-11)16-8-10-3-4-12-13(6-10)19-9-18-12/h3-4,6,11,15H,1-2,5,7-9H2,(H,16,17). The molecule has 2 aliphatic rings. The molecule has 3 rings (SSSR count). The van der Waals surface area contributed by atoms with E-state index in [1.54, 1.807) is 0 Å². The highest BCUT2D eigenvalue weighted by molar-refractivity contribution is 5.76. The second-order valence-corrected chi connectivity index (χ2v) is 4.96. The van der Waals surface area contributed by atoms with Crippen LogP contribution in [0.15, 0.2) is 18.2 Å². The van der Waals surface area contributed by atoms with Crippen LogP contribution in [0.4, 0.5) is 0 Å².